The number of carbonyl (C=O) groups is 4. The predicted molar refractivity (Wildman–Crippen MR) is 126 cm³/mol. The zero-order valence-electron chi connectivity index (χ0n) is 19.4. The number of hydrogen-bond donors (Lipinski definition) is 3. The van der Waals surface area contributed by atoms with Crippen molar-refractivity contribution in [1.29, 1.82) is 0 Å². The molecule has 2 aliphatic rings. The third-order valence-electron chi connectivity index (χ3n) is 5.56. The van der Waals surface area contributed by atoms with Gasteiger partial charge in [0.2, 0.25) is 11.8 Å². The quantitative estimate of drug-likeness (QED) is 0.171. The van der Waals surface area contributed by atoms with Crippen molar-refractivity contribution in [2.75, 3.05) is 53.4 Å². The number of nitrogens with zero attached hydrogens (tertiary/aromatic N) is 1. The lowest BCUT2D eigenvalue weighted by Crippen LogP contribution is -2.52. The number of methoxy groups -OCH3 is 1. The van der Waals surface area contributed by atoms with Gasteiger partial charge in [0.1, 0.15) is 11.8 Å². The summed E-state index contributed by atoms with van der Waals surface area (Å²) in [5.41, 5.74) is 6.23. The van der Waals surface area contributed by atoms with Crippen molar-refractivity contribution in [1.82, 2.24) is 15.5 Å². The molecule has 0 bridgehead atoms. The van der Waals surface area contributed by atoms with Crippen LogP contribution >= 0.6 is 15.9 Å². The lowest BCUT2D eigenvalue weighted by Gasteiger charge is -2.29. The fraction of sp³-hybridized carbons (Fsp3) is 0.545. The molecule has 1 atom stereocenters. The van der Waals surface area contributed by atoms with Crippen molar-refractivity contribution in [3.8, 4) is 5.75 Å². The molecule has 0 saturated carbocycles. The number of nitrogens with one attached hydrogen (secondary N) is 2. The second-order valence-electron chi connectivity index (χ2n) is 7.75. The van der Waals surface area contributed by atoms with Crippen LogP contribution < -0.4 is 21.1 Å². The Kier molecular flexibility index (Phi) is 9.98. The van der Waals surface area contributed by atoms with Crippen LogP contribution in [-0.4, -0.2) is 88.0 Å². The molecular formula is C22H29BrN4O8. The minimum atomic E-state index is -0.768. The van der Waals surface area contributed by atoms with E-state index in [4.69, 9.17) is 24.7 Å². The largest absolute Gasteiger partial charge is 0.495 e. The maximum atomic E-state index is 13.3. The molecule has 1 fully saturated rings. The second kappa shape index (κ2) is 12.9. The first-order chi connectivity index (χ1) is 16.9. The van der Waals surface area contributed by atoms with E-state index in [1.54, 1.807) is 6.07 Å². The molecule has 13 heteroatoms. The van der Waals surface area contributed by atoms with E-state index in [0.29, 0.717) is 36.5 Å². The van der Waals surface area contributed by atoms with E-state index >= 15 is 0 Å². The average molecular weight is 557 g/mol. The van der Waals surface area contributed by atoms with Crippen molar-refractivity contribution in [3.05, 3.63) is 27.2 Å². The first-order valence-electron chi connectivity index (χ1n) is 11.1. The summed E-state index contributed by atoms with van der Waals surface area (Å²) in [6.07, 6.45) is 0.392. The van der Waals surface area contributed by atoms with Crippen LogP contribution in [0.3, 0.4) is 0 Å². The summed E-state index contributed by atoms with van der Waals surface area (Å²) in [4.78, 5) is 51.3. The van der Waals surface area contributed by atoms with E-state index in [9.17, 15) is 19.2 Å². The number of carbonyl (C=O) groups excluding carboxylic acids is 4. The molecule has 1 aromatic rings. The lowest BCUT2D eigenvalue weighted by atomic mass is 10.0. The van der Waals surface area contributed by atoms with Crippen LogP contribution in [0.5, 0.6) is 5.75 Å². The van der Waals surface area contributed by atoms with Crippen molar-refractivity contribution >= 4 is 39.6 Å². The molecule has 1 unspecified atom stereocenters. The van der Waals surface area contributed by atoms with Gasteiger partial charge in [-0.25, -0.2) is 0 Å². The molecule has 2 aliphatic heterocycles. The summed E-state index contributed by atoms with van der Waals surface area (Å²) in [5, 5.41) is 5.02. The van der Waals surface area contributed by atoms with E-state index < -0.39 is 23.8 Å². The van der Waals surface area contributed by atoms with E-state index in [0.717, 1.165) is 0 Å². The molecule has 0 radical (unpaired) electrons. The average Bonchev–Trinajstić information content (AvgIpc) is 3.17. The van der Waals surface area contributed by atoms with E-state index in [-0.39, 0.29) is 62.1 Å². The Morgan fingerprint density at radius 2 is 1.86 bits per heavy atom. The van der Waals surface area contributed by atoms with Crippen LogP contribution in [0.4, 0.5) is 0 Å². The van der Waals surface area contributed by atoms with Crippen LogP contribution in [-0.2, 0) is 30.3 Å². The number of fused-ring (bicyclic) bond motifs is 1. The maximum absolute atomic E-state index is 13.3. The highest BCUT2D eigenvalue weighted by Crippen LogP contribution is 2.40. The molecule has 35 heavy (non-hydrogen) atoms. The Labute approximate surface area is 210 Å². The van der Waals surface area contributed by atoms with Crippen molar-refractivity contribution in [2.24, 2.45) is 5.73 Å². The molecular weight excluding hydrogens is 528 g/mol. The molecule has 2 heterocycles. The van der Waals surface area contributed by atoms with E-state index in [1.165, 1.54) is 12.0 Å². The zero-order valence-corrected chi connectivity index (χ0v) is 21.0. The van der Waals surface area contributed by atoms with E-state index in [2.05, 4.69) is 26.6 Å². The van der Waals surface area contributed by atoms with Gasteiger partial charge in [0, 0.05) is 29.5 Å². The molecule has 4 amide bonds. The fourth-order valence-corrected chi connectivity index (χ4v) is 4.46. The van der Waals surface area contributed by atoms with Crippen molar-refractivity contribution in [2.45, 2.75) is 25.4 Å². The highest BCUT2D eigenvalue weighted by atomic mass is 79.9. The Bertz CT molecular complexity index is 973. The Balaban J connectivity index is 1.59. The SMILES string of the molecule is COc1c(C(=O)NCCOCCOCCOCN)cc(Br)c2c1C(=O)N(C1CCC(=O)NC1=O)C2. The first kappa shape index (κ1) is 27.0. The van der Waals surface area contributed by atoms with Gasteiger partial charge in [-0.05, 0) is 12.5 Å². The molecule has 0 aliphatic carbocycles. The Hall–Kier alpha value is -2.58. The number of ether oxygens (including phenoxy) is 4. The fourth-order valence-electron chi connectivity index (χ4n) is 3.90. The van der Waals surface area contributed by atoms with Gasteiger partial charge >= 0.3 is 0 Å². The molecule has 192 valence electrons. The first-order valence-corrected chi connectivity index (χ1v) is 11.9. The lowest BCUT2D eigenvalue weighted by molar-refractivity contribution is -0.136. The Morgan fingerprint density at radius 3 is 2.51 bits per heavy atom. The van der Waals surface area contributed by atoms with Gasteiger partial charge in [-0.15, -0.1) is 0 Å². The number of benzene rings is 1. The van der Waals surface area contributed by atoms with Crippen LogP contribution in [0.1, 0.15) is 39.1 Å². The second-order valence-corrected chi connectivity index (χ2v) is 8.60. The van der Waals surface area contributed by atoms with E-state index in [1.807, 2.05) is 0 Å². The van der Waals surface area contributed by atoms with Gasteiger partial charge in [0.25, 0.3) is 11.8 Å². The molecule has 1 aromatic carbocycles. The van der Waals surface area contributed by atoms with Gasteiger partial charge in [-0.2, -0.15) is 0 Å². The van der Waals surface area contributed by atoms with Gasteiger partial charge in [-0.1, -0.05) is 15.9 Å². The van der Waals surface area contributed by atoms with Gasteiger partial charge in [0.05, 0.1) is 58.0 Å². The highest BCUT2D eigenvalue weighted by Gasteiger charge is 2.42. The zero-order chi connectivity index (χ0) is 25.4. The standard InChI is InChI=1S/C22H29BrN4O8/c1-32-19-13(20(29)25-4-5-33-6-7-34-8-9-35-12-24)10-15(23)14-11-27(22(31)18(14)19)16-2-3-17(28)26-21(16)30/h10,16H,2-9,11-12,24H2,1H3,(H,25,29)(H,26,28,30). The minimum Gasteiger partial charge on any atom is -0.495 e. The summed E-state index contributed by atoms with van der Waals surface area (Å²) in [6.45, 7) is 2.40. The topological polar surface area (TPSA) is 159 Å². The van der Waals surface area contributed by atoms with Crippen LogP contribution in [0.25, 0.3) is 0 Å². The summed E-state index contributed by atoms with van der Waals surface area (Å²) in [6, 6.07) is 0.822. The number of hydrogen-bond acceptors (Lipinski definition) is 9. The number of amides is 4. The molecule has 0 aromatic heterocycles. The third-order valence-corrected chi connectivity index (χ3v) is 6.27. The van der Waals surface area contributed by atoms with Gasteiger partial charge in [-0.3, -0.25) is 24.5 Å². The molecule has 12 nitrogen and oxygen atoms in total. The number of imide groups is 1. The smallest absolute Gasteiger partial charge is 0.259 e. The van der Waals surface area contributed by atoms with Crippen molar-refractivity contribution in [3.63, 3.8) is 0 Å². The summed E-state index contributed by atoms with van der Waals surface area (Å²) in [7, 11) is 1.38. The normalized spacial score (nSPS) is 17.4. The van der Waals surface area contributed by atoms with Crippen LogP contribution in [0.2, 0.25) is 0 Å². The van der Waals surface area contributed by atoms with Crippen LogP contribution in [0, 0.1) is 0 Å². The summed E-state index contributed by atoms with van der Waals surface area (Å²) in [5.74, 6) is -1.60. The number of piperidine rings is 1. The van der Waals surface area contributed by atoms with Gasteiger partial charge < -0.3 is 34.9 Å². The van der Waals surface area contributed by atoms with Crippen molar-refractivity contribution < 1.29 is 38.1 Å². The third kappa shape index (κ3) is 6.55. The molecule has 1 saturated heterocycles. The predicted octanol–water partition coefficient (Wildman–Crippen LogP) is -0.0855. The minimum absolute atomic E-state index is 0.134. The molecule has 4 N–H and O–H groups in total. The maximum Gasteiger partial charge on any atom is 0.259 e. The number of rotatable bonds is 13. The molecule has 3 rings (SSSR count). The summed E-state index contributed by atoms with van der Waals surface area (Å²) >= 11 is 3.44. The monoisotopic (exact) mass is 556 g/mol. The van der Waals surface area contributed by atoms with Gasteiger partial charge in [0.15, 0.2) is 0 Å². The molecule has 0 spiro atoms. The summed E-state index contributed by atoms with van der Waals surface area (Å²) < 4.78 is 21.7. The van der Waals surface area contributed by atoms with Crippen LogP contribution in [0.15, 0.2) is 10.5 Å². The number of nitrogens with two attached hydrogens (primary N) is 1. The Morgan fingerprint density at radius 1 is 1.17 bits per heavy atom. The number of halogens is 1. The highest BCUT2D eigenvalue weighted by molar-refractivity contribution is 9.10.